The van der Waals surface area contributed by atoms with Crippen LogP contribution in [-0.2, 0) is 9.53 Å². The van der Waals surface area contributed by atoms with E-state index >= 15 is 0 Å². The summed E-state index contributed by atoms with van der Waals surface area (Å²) >= 11 is 0. The van der Waals surface area contributed by atoms with Gasteiger partial charge in [0.05, 0.1) is 19.3 Å². The van der Waals surface area contributed by atoms with Crippen LogP contribution >= 0.6 is 0 Å². The Morgan fingerprint density at radius 1 is 1.15 bits per heavy atom. The molecule has 0 radical (unpaired) electrons. The van der Waals surface area contributed by atoms with Crippen molar-refractivity contribution in [3.05, 3.63) is 0 Å². The van der Waals surface area contributed by atoms with Crippen molar-refractivity contribution in [2.24, 2.45) is 5.92 Å². The minimum absolute atomic E-state index is 0.126. The third kappa shape index (κ3) is 3.04. The van der Waals surface area contributed by atoms with Crippen molar-refractivity contribution >= 4 is 12.0 Å². The first-order chi connectivity index (χ1) is 9.52. The highest BCUT2D eigenvalue weighted by atomic mass is 16.5. The number of amides is 2. The van der Waals surface area contributed by atoms with Crippen LogP contribution in [0.15, 0.2) is 0 Å². The molecular weight excluding hydrogens is 262 g/mol. The average Bonchev–Trinajstić information content (AvgIpc) is 2.95. The van der Waals surface area contributed by atoms with Crippen LogP contribution in [0.1, 0.15) is 12.8 Å². The average molecular weight is 285 g/mol. The molecule has 0 bridgehead atoms. The predicted octanol–water partition coefficient (Wildman–Crippen LogP) is -0.178. The van der Waals surface area contributed by atoms with Crippen LogP contribution in [0.4, 0.5) is 4.79 Å². The Hall–Kier alpha value is -1.34. The maximum Gasteiger partial charge on any atom is 0.320 e. The van der Waals surface area contributed by atoms with Crippen molar-refractivity contribution in [2.75, 3.05) is 40.4 Å². The van der Waals surface area contributed by atoms with Crippen molar-refractivity contribution < 1.29 is 19.4 Å². The van der Waals surface area contributed by atoms with E-state index in [1.54, 1.807) is 19.0 Å². The molecule has 2 N–H and O–H groups in total. The van der Waals surface area contributed by atoms with Crippen LogP contribution in [0, 0.1) is 5.92 Å². The Labute approximate surface area is 118 Å². The molecule has 114 valence electrons. The summed E-state index contributed by atoms with van der Waals surface area (Å²) in [4.78, 5) is 26.9. The first-order valence-corrected chi connectivity index (χ1v) is 7.03. The lowest BCUT2D eigenvalue weighted by atomic mass is 10.0. The highest BCUT2D eigenvalue weighted by Gasteiger charge is 2.39. The number of rotatable bonds is 3. The Morgan fingerprint density at radius 2 is 1.80 bits per heavy atom. The molecule has 0 aromatic rings. The van der Waals surface area contributed by atoms with Gasteiger partial charge in [0.15, 0.2) is 0 Å². The van der Waals surface area contributed by atoms with E-state index in [-0.39, 0.29) is 24.7 Å². The van der Waals surface area contributed by atoms with Crippen LogP contribution < -0.4 is 5.32 Å². The molecule has 2 rings (SSSR count). The van der Waals surface area contributed by atoms with Gasteiger partial charge in [0, 0.05) is 20.1 Å². The third-order valence-electron chi connectivity index (χ3n) is 4.33. The minimum atomic E-state index is -0.906. The molecule has 7 nitrogen and oxygen atoms in total. The summed E-state index contributed by atoms with van der Waals surface area (Å²) in [5.74, 6) is -1.54. The van der Waals surface area contributed by atoms with Gasteiger partial charge in [-0.25, -0.2) is 4.79 Å². The summed E-state index contributed by atoms with van der Waals surface area (Å²) < 4.78 is 5.22. The quantitative estimate of drug-likeness (QED) is 0.752. The standard InChI is InChI=1S/C13H23N3O4/c1-15(9-3-5-14-6-4-9)13(19)16(2)11-8-20-7-10(11)12(17)18/h9-11,14H,3-8H2,1-2H3,(H,17,18). The van der Waals surface area contributed by atoms with E-state index in [2.05, 4.69) is 5.32 Å². The van der Waals surface area contributed by atoms with Gasteiger partial charge >= 0.3 is 12.0 Å². The second-order valence-corrected chi connectivity index (χ2v) is 5.54. The molecule has 2 amide bonds. The Morgan fingerprint density at radius 3 is 2.40 bits per heavy atom. The maximum atomic E-state index is 12.5. The lowest BCUT2D eigenvalue weighted by Gasteiger charge is -2.36. The highest BCUT2D eigenvalue weighted by molar-refractivity contribution is 5.77. The molecule has 2 unspecified atom stereocenters. The molecule has 0 aliphatic carbocycles. The molecule has 0 spiro atoms. The predicted molar refractivity (Wildman–Crippen MR) is 72.5 cm³/mol. The van der Waals surface area contributed by atoms with Crippen molar-refractivity contribution in [3.63, 3.8) is 0 Å². The molecular formula is C13H23N3O4. The summed E-state index contributed by atoms with van der Waals surface area (Å²) in [6.45, 7) is 2.29. The second kappa shape index (κ2) is 6.41. The molecule has 2 saturated heterocycles. The Kier molecular flexibility index (Phi) is 4.82. The first-order valence-electron chi connectivity index (χ1n) is 7.03. The molecule has 0 saturated carbocycles. The van der Waals surface area contributed by atoms with Gasteiger partial charge in [0.25, 0.3) is 0 Å². The second-order valence-electron chi connectivity index (χ2n) is 5.54. The zero-order chi connectivity index (χ0) is 14.7. The minimum Gasteiger partial charge on any atom is -0.481 e. The van der Waals surface area contributed by atoms with E-state index in [9.17, 15) is 9.59 Å². The van der Waals surface area contributed by atoms with Crippen LogP contribution in [0.25, 0.3) is 0 Å². The maximum absolute atomic E-state index is 12.5. The molecule has 2 aliphatic rings. The van der Waals surface area contributed by atoms with Gasteiger partial charge in [-0.3, -0.25) is 4.79 Å². The largest absolute Gasteiger partial charge is 0.481 e. The Balaban J connectivity index is 1.98. The topological polar surface area (TPSA) is 82.1 Å². The normalized spacial score (nSPS) is 27.3. The molecule has 20 heavy (non-hydrogen) atoms. The van der Waals surface area contributed by atoms with Crippen LogP contribution in [-0.4, -0.2) is 79.4 Å². The summed E-state index contributed by atoms with van der Waals surface area (Å²) in [7, 11) is 3.45. The number of likely N-dealkylation sites (N-methyl/N-ethyl adjacent to an activating group) is 1. The number of hydrogen-bond donors (Lipinski definition) is 2. The van der Waals surface area contributed by atoms with Gasteiger partial charge in [-0.05, 0) is 25.9 Å². The summed E-state index contributed by atoms with van der Waals surface area (Å²) in [5.41, 5.74) is 0. The number of nitrogens with zero attached hydrogens (tertiary/aromatic N) is 2. The van der Waals surface area contributed by atoms with E-state index in [1.165, 1.54) is 4.90 Å². The zero-order valence-electron chi connectivity index (χ0n) is 12.0. The SMILES string of the molecule is CN(C(=O)N(C)C1COCC1C(=O)O)C1CCNCC1. The molecule has 2 aliphatic heterocycles. The van der Waals surface area contributed by atoms with Gasteiger partial charge in [-0.1, -0.05) is 0 Å². The number of nitrogens with one attached hydrogen (secondary N) is 1. The number of hydrogen-bond acceptors (Lipinski definition) is 4. The number of carbonyl (C=O) groups excluding carboxylic acids is 1. The van der Waals surface area contributed by atoms with E-state index in [4.69, 9.17) is 9.84 Å². The number of urea groups is 1. The van der Waals surface area contributed by atoms with Gasteiger partial charge in [0.1, 0.15) is 5.92 Å². The zero-order valence-corrected chi connectivity index (χ0v) is 12.0. The summed E-state index contributed by atoms with van der Waals surface area (Å²) in [6.07, 6.45) is 1.86. The molecule has 0 aromatic carbocycles. The lowest BCUT2D eigenvalue weighted by Crippen LogP contribution is -2.53. The number of ether oxygens (including phenoxy) is 1. The lowest BCUT2D eigenvalue weighted by molar-refractivity contribution is -0.142. The molecule has 7 heteroatoms. The van der Waals surface area contributed by atoms with Crippen molar-refractivity contribution in [3.8, 4) is 0 Å². The molecule has 2 fully saturated rings. The number of carboxylic acids is 1. The number of carbonyl (C=O) groups is 2. The van der Waals surface area contributed by atoms with Gasteiger partial charge in [0.2, 0.25) is 0 Å². The molecule has 2 atom stereocenters. The van der Waals surface area contributed by atoms with E-state index in [0.29, 0.717) is 6.61 Å². The van der Waals surface area contributed by atoms with Crippen molar-refractivity contribution in [2.45, 2.75) is 24.9 Å². The van der Waals surface area contributed by atoms with Gasteiger partial charge < -0.3 is 25.0 Å². The fourth-order valence-corrected chi connectivity index (χ4v) is 2.90. The van der Waals surface area contributed by atoms with Crippen LogP contribution in [0.5, 0.6) is 0 Å². The van der Waals surface area contributed by atoms with Gasteiger partial charge in [-0.2, -0.15) is 0 Å². The van der Waals surface area contributed by atoms with E-state index in [1.807, 2.05) is 0 Å². The van der Waals surface area contributed by atoms with Crippen LogP contribution in [0.2, 0.25) is 0 Å². The number of carboxylic acid groups (broad SMARTS) is 1. The number of piperidine rings is 1. The fraction of sp³-hybridized carbons (Fsp3) is 0.846. The first kappa shape index (κ1) is 15.1. The fourth-order valence-electron chi connectivity index (χ4n) is 2.90. The highest BCUT2D eigenvalue weighted by Crippen LogP contribution is 2.21. The third-order valence-corrected chi connectivity index (χ3v) is 4.33. The van der Waals surface area contributed by atoms with Crippen LogP contribution in [0.3, 0.4) is 0 Å². The molecule has 0 aromatic heterocycles. The molecule has 2 heterocycles. The smallest absolute Gasteiger partial charge is 0.320 e. The van der Waals surface area contributed by atoms with Crippen molar-refractivity contribution in [1.82, 2.24) is 15.1 Å². The monoisotopic (exact) mass is 285 g/mol. The van der Waals surface area contributed by atoms with Crippen molar-refractivity contribution in [1.29, 1.82) is 0 Å². The van der Waals surface area contributed by atoms with E-state index in [0.717, 1.165) is 25.9 Å². The number of aliphatic carboxylic acids is 1. The van der Waals surface area contributed by atoms with E-state index < -0.39 is 11.9 Å². The Bertz CT molecular complexity index is 371. The summed E-state index contributed by atoms with van der Waals surface area (Å²) in [6, 6.07) is -0.292. The van der Waals surface area contributed by atoms with Gasteiger partial charge in [-0.15, -0.1) is 0 Å². The summed E-state index contributed by atoms with van der Waals surface area (Å²) in [5, 5.41) is 12.4.